The van der Waals surface area contributed by atoms with E-state index >= 15 is 0 Å². The highest BCUT2D eigenvalue weighted by atomic mass is 32.2. The van der Waals surface area contributed by atoms with E-state index in [2.05, 4.69) is 25.6 Å². The van der Waals surface area contributed by atoms with Gasteiger partial charge in [0.05, 0.1) is 10.8 Å². The van der Waals surface area contributed by atoms with E-state index in [1.54, 1.807) is 25.4 Å². The number of pyridine rings is 1. The zero-order valence-electron chi connectivity index (χ0n) is 13.2. The van der Waals surface area contributed by atoms with Gasteiger partial charge in [0.25, 0.3) is 0 Å². The number of nitrogens with zero attached hydrogens (tertiary/aromatic N) is 3. The van der Waals surface area contributed by atoms with E-state index in [0.29, 0.717) is 24.1 Å². The van der Waals surface area contributed by atoms with E-state index in [0.717, 1.165) is 12.3 Å². The van der Waals surface area contributed by atoms with Crippen molar-refractivity contribution in [3.63, 3.8) is 0 Å². The molecule has 0 fully saturated rings. The Labute approximate surface area is 146 Å². The number of amides is 1. The summed E-state index contributed by atoms with van der Waals surface area (Å²) in [5.74, 6) is 0.127. The maximum Gasteiger partial charge on any atom is 0.417 e. The molecule has 0 saturated carbocycles. The van der Waals surface area contributed by atoms with Gasteiger partial charge in [-0.15, -0.1) is 0 Å². The summed E-state index contributed by atoms with van der Waals surface area (Å²) in [6.07, 6.45) is -0.447. The average molecular weight is 371 g/mol. The topological polar surface area (TPSA) is 79.8 Å². The fourth-order valence-corrected chi connectivity index (χ4v) is 2.49. The van der Waals surface area contributed by atoms with Gasteiger partial charge in [-0.1, -0.05) is 11.8 Å². The third-order valence-electron chi connectivity index (χ3n) is 3.01. The SMILES string of the molecule is C[C@H](Sc1ncccn1)C(=O)NCCNc1ccc(C(F)(F)F)cn1. The Morgan fingerprint density at radius 2 is 1.92 bits per heavy atom. The van der Waals surface area contributed by atoms with Crippen LogP contribution in [-0.4, -0.2) is 39.2 Å². The summed E-state index contributed by atoms with van der Waals surface area (Å²) in [7, 11) is 0. The van der Waals surface area contributed by atoms with Crippen molar-refractivity contribution < 1.29 is 18.0 Å². The monoisotopic (exact) mass is 371 g/mol. The van der Waals surface area contributed by atoms with Crippen molar-refractivity contribution in [1.82, 2.24) is 20.3 Å². The van der Waals surface area contributed by atoms with Gasteiger partial charge in [-0.25, -0.2) is 15.0 Å². The Morgan fingerprint density at radius 3 is 2.52 bits per heavy atom. The van der Waals surface area contributed by atoms with Crippen LogP contribution in [0.15, 0.2) is 41.9 Å². The van der Waals surface area contributed by atoms with Crippen LogP contribution < -0.4 is 10.6 Å². The fourth-order valence-electron chi connectivity index (χ4n) is 1.74. The highest BCUT2D eigenvalue weighted by molar-refractivity contribution is 8.00. The summed E-state index contributed by atoms with van der Waals surface area (Å²) >= 11 is 1.24. The predicted molar refractivity (Wildman–Crippen MR) is 88.1 cm³/mol. The Balaban J connectivity index is 1.70. The highest BCUT2D eigenvalue weighted by Crippen LogP contribution is 2.28. The molecule has 2 aromatic heterocycles. The third-order valence-corrected chi connectivity index (χ3v) is 4.00. The fraction of sp³-hybridized carbons (Fsp3) is 0.333. The molecule has 0 aliphatic carbocycles. The van der Waals surface area contributed by atoms with Crippen LogP contribution in [0.1, 0.15) is 12.5 Å². The van der Waals surface area contributed by atoms with Gasteiger partial charge in [-0.3, -0.25) is 4.79 Å². The molecule has 0 spiro atoms. The molecule has 0 bridgehead atoms. The lowest BCUT2D eigenvalue weighted by molar-refractivity contribution is -0.137. The number of hydrogen-bond donors (Lipinski definition) is 2. The van der Waals surface area contributed by atoms with Crippen LogP contribution in [0.5, 0.6) is 0 Å². The highest BCUT2D eigenvalue weighted by Gasteiger charge is 2.30. The van der Waals surface area contributed by atoms with Crippen molar-refractivity contribution in [2.45, 2.75) is 23.5 Å². The van der Waals surface area contributed by atoms with Gasteiger partial charge in [0.1, 0.15) is 5.82 Å². The Bertz CT molecular complexity index is 682. The average Bonchev–Trinajstić information content (AvgIpc) is 2.59. The lowest BCUT2D eigenvalue weighted by Crippen LogP contribution is -2.34. The number of anilines is 1. The molecule has 10 heteroatoms. The van der Waals surface area contributed by atoms with Crippen LogP contribution in [0.4, 0.5) is 19.0 Å². The minimum Gasteiger partial charge on any atom is -0.368 e. The predicted octanol–water partition coefficient (Wildman–Crippen LogP) is 2.60. The van der Waals surface area contributed by atoms with Gasteiger partial charge in [0.2, 0.25) is 5.91 Å². The molecular weight excluding hydrogens is 355 g/mol. The molecule has 0 aliphatic heterocycles. The molecular formula is C15H16F3N5OS. The van der Waals surface area contributed by atoms with Crippen LogP contribution in [0.3, 0.4) is 0 Å². The number of thioether (sulfide) groups is 1. The standard InChI is InChI=1S/C15H16F3N5OS/c1-10(25-14-21-5-2-6-22-14)13(24)20-8-7-19-12-4-3-11(9-23-12)15(16,17)18/h2-6,9-10H,7-8H2,1H3,(H,19,23)(H,20,24)/t10-/m0/s1. The van der Waals surface area contributed by atoms with Crippen molar-refractivity contribution in [3.8, 4) is 0 Å². The molecule has 0 unspecified atom stereocenters. The summed E-state index contributed by atoms with van der Waals surface area (Å²) < 4.78 is 37.3. The Kier molecular flexibility index (Phi) is 6.57. The summed E-state index contributed by atoms with van der Waals surface area (Å²) in [6.45, 7) is 2.38. The maximum atomic E-state index is 12.4. The van der Waals surface area contributed by atoms with Gasteiger partial charge in [0.15, 0.2) is 5.16 Å². The first-order valence-corrected chi connectivity index (χ1v) is 8.23. The van der Waals surface area contributed by atoms with Crippen molar-refractivity contribution in [2.24, 2.45) is 0 Å². The molecule has 25 heavy (non-hydrogen) atoms. The second-order valence-electron chi connectivity index (χ2n) is 4.94. The van der Waals surface area contributed by atoms with E-state index in [-0.39, 0.29) is 11.2 Å². The minimum atomic E-state index is -4.41. The maximum absolute atomic E-state index is 12.4. The summed E-state index contributed by atoms with van der Waals surface area (Å²) in [5, 5.41) is 5.71. The second kappa shape index (κ2) is 8.65. The van der Waals surface area contributed by atoms with Gasteiger partial charge in [-0.05, 0) is 25.1 Å². The van der Waals surface area contributed by atoms with Crippen LogP contribution in [0.25, 0.3) is 0 Å². The van der Waals surface area contributed by atoms with Crippen LogP contribution in [-0.2, 0) is 11.0 Å². The number of hydrogen-bond acceptors (Lipinski definition) is 6. The first-order valence-electron chi connectivity index (χ1n) is 7.35. The molecule has 6 nitrogen and oxygen atoms in total. The first kappa shape index (κ1) is 19.0. The molecule has 0 aromatic carbocycles. The molecule has 1 atom stereocenters. The summed E-state index contributed by atoms with van der Waals surface area (Å²) in [4.78, 5) is 23.7. The number of rotatable bonds is 7. The molecule has 2 heterocycles. The Morgan fingerprint density at radius 1 is 1.20 bits per heavy atom. The van der Waals surface area contributed by atoms with Gasteiger partial charge >= 0.3 is 6.18 Å². The Hall–Kier alpha value is -2.36. The molecule has 2 aromatic rings. The lowest BCUT2D eigenvalue weighted by atomic mass is 10.3. The quantitative estimate of drug-likeness (QED) is 0.442. The molecule has 0 aliphatic rings. The number of carbonyl (C=O) groups excluding carboxylic acids is 1. The smallest absolute Gasteiger partial charge is 0.368 e. The van der Waals surface area contributed by atoms with Crippen molar-refractivity contribution in [1.29, 1.82) is 0 Å². The molecule has 2 N–H and O–H groups in total. The van der Waals surface area contributed by atoms with E-state index < -0.39 is 11.7 Å². The van der Waals surface area contributed by atoms with Gasteiger partial charge in [-0.2, -0.15) is 13.2 Å². The largest absolute Gasteiger partial charge is 0.417 e. The zero-order chi connectivity index (χ0) is 18.3. The summed E-state index contributed by atoms with van der Waals surface area (Å²) in [6, 6.07) is 3.89. The van der Waals surface area contributed by atoms with Crippen LogP contribution in [0, 0.1) is 0 Å². The van der Waals surface area contributed by atoms with E-state index in [9.17, 15) is 18.0 Å². The number of carbonyl (C=O) groups is 1. The minimum absolute atomic E-state index is 0.181. The van der Waals surface area contributed by atoms with Gasteiger partial charge in [0, 0.05) is 31.7 Å². The number of halogens is 3. The van der Waals surface area contributed by atoms with Gasteiger partial charge < -0.3 is 10.6 Å². The normalized spacial score (nSPS) is 12.5. The van der Waals surface area contributed by atoms with Crippen LogP contribution in [0.2, 0.25) is 0 Å². The first-order chi connectivity index (χ1) is 11.9. The number of nitrogens with one attached hydrogen (secondary N) is 2. The molecule has 2 rings (SSSR count). The molecule has 0 radical (unpaired) electrons. The van der Waals surface area contributed by atoms with E-state index in [1.807, 2.05) is 0 Å². The summed E-state index contributed by atoms with van der Waals surface area (Å²) in [5.41, 5.74) is -0.805. The number of aromatic nitrogens is 3. The molecule has 0 saturated heterocycles. The van der Waals surface area contributed by atoms with Crippen molar-refractivity contribution >= 4 is 23.5 Å². The van der Waals surface area contributed by atoms with E-state index in [1.165, 1.54) is 17.8 Å². The zero-order valence-corrected chi connectivity index (χ0v) is 14.1. The second-order valence-corrected chi connectivity index (χ2v) is 6.25. The number of alkyl halides is 3. The lowest BCUT2D eigenvalue weighted by Gasteiger charge is -2.12. The molecule has 134 valence electrons. The van der Waals surface area contributed by atoms with Crippen LogP contribution >= 0.6 is 11.8 Å². The molecule has 1 amide bonds. The van der Waals surface area contributed by atoms with E-state index in [4.69, 9.17) is 0 Å². The third kappa shape index (κ3) is 6.22. The van der Waals surface area contributed by atoms with Crippen molar-refractivity contribution in [2.75, 3.05) is 18.4 Å². The van der Waals surface area contributed by atoms with Crippen molar-refractivity contribution in [3.05, 3.63) is 42.4 Å².